The van der Waals surface area contributed by atoms with Crippen LogP contribution in [0.2, 0.25) is 0 Å². The lowest BCUT2D eigenvalue weighted by Crippen LogP contribution is -2.65. The molecule has 3 nitrogen and oxygen atoms in total. The van der Waals surface area contributed by atoms with Gasteiger partial charge in [0.2, 0.25) is 5.91 Å². The molecule has 3 N–H and O–H groups in total. The zero-order valence-electron chi connectivity index (χ0n) is 9.80. The van der Waals surface area contributed by atoms with Gasteiger partial charge in [0.15, 0.2) is 5.54 Å². The minimum absolute atomic E-state index is 0.0770. The number of nitrogens with two attached hydrogens (primary N) is 1. The quantitative estimate of drug-likeness (QED) is 0.643. The van der Waals surface area contributed by atoms with Gasteiger partial charge >= 0.3 is 0 Å². The van der Waals surface area contributed by atoms with Gasteiger partial charge in [-0.3, -0.25) is 4.79 Å². The Balaban J connectivity index is 2.62. The van der Waals surface area contributed by atoms with Crippen LogP contribution in [-0.4, -0.2) is 18.3 Å². The third kappa shape index (κ3) is 2.02. The summed E-state index contributed by atoms with van der Waals surface area (Å²) in [6.45, 7) is 0. The molecular weight excluding hydrogens is 264 g/mol. The molecule has 1 atom stereocenters. The van der Waals surface area contributed by atoms with E-state index in [2.05, 4.69) is 0 Å². The first-order valence-electron chi connectivity index (χ1n) is 5.62. The Morgan fingerprint density at radius 3 is 2.58 bits per heavy atom. The van der Waals surface area contributed by atoms with E-state index in [0.29, 0.717) is 0 Å². The third-order valence-electron chi connectivity index (χ3n) is 3.25. The van der Waals surface area contributed by atoms with E-state index < -0.39 is 36.6 Å². The normalized spacial score (nSPS) is 26.3. The zero-order chi connectivity index (χ0) is 14.3. The van der Waals surface area contributed by atoms with Gasteiger partial charge in [0, 0.05) is 18.5 Å². The summed E-state index contributed by atoms with van der Waals surface area (Å²) in [7, 11) is 0. The number of rotatable bonds is 2. The number of carbonyl (C=O) groups excluding carboxylic acids is 1. The van der Waals surface area contributed by atoms with Crippen molar-refractivity contribution in [1.29, 1.82) is 0 Å². The lowest BCUT2D eigenvalue weighted by molar-refractivity contribution is -0.182. The van der Waals surface area contributed by atoms with Crippen molar-refractivity contribution in [3.63, 3.8) is 0 Å². The molecule has 2 rings (SSSR count). The molecule has 0 aliphatic carbocycles. The van der Waals surface area contributed by atoms with Crippen molar-refractivity contribution in [3.05, 3.63) is 29.8 Å². The molecule has 0 unspecified atom stereocenters. The van der Waals surface area contributed by atoms with Crippen LogP contribution in [0.3, 0.4) is 0 Å². The molecule has 0 aromatic heterocycles. The second kappa shape index (κ2) is 4.40. The molecule has 1 heterocycles. The Kier molecular flexibility index (Phi) is 3.15. The molecular formula is C12H12F4N2O. The fourth-order valence-corrected chi connectivity index (χ4v) is 2.25. The number of piperidine rings is 1. The van der Waals surface area contributed by atoms with Gasteiger partial charge in [-0.1, -0.05) is 12.1 Å². The first kappa shape index (κ1) is 13.6. The van der Waals surface area contributed by atoms with Gasteiger partial charge in [0.1, 0.15) is 0 Å². The SMILES string of the molecule is Nc1cccc([C@@]2(C(F)F)NC(=O)CCC2(F)F)c1. The minimum Gasteiger partial charge on any atom is -0.399 e. The highest BCUT2D eigenvalue weighted by molar-refractivity contribution is 5.79. The number of hydrogen-bond donors (Lipinski definition) is 2. The summed E-state index contributed by atoms with van der Waals surface area (Å²) in [6, 6.07) is 4.84. The molecule has 19 heavy (non-hydrogen) atoms. The van der Waals surface area contributed by atoms with Gasteiger partial charge in [-0.05, 0) is 17.7 Å². The number of nitrogens with one attached hydrogen (secondary N) is 1. The van der Waals surface area contributed by atoms with E-state index in [1.54, 1.807) is 5.32 Å². The number of benzene rings is 1. The summed E-state index contributed by atoms with van der Waals surface area (Å²) < 4.78 is 54.7. The summed E-state index contributed by atoms with van der Waals surface area (Å²) in [5.74, 6) is -4.57. The van der Waals surface area contributed by atoms with Gasteiger partial charge in [-0.15, -0.1) is 0 Å². The van der Waals surface area contributed by atoms with Crippen LogP contribution in [0.4, 0.5) is 23.2 Å². The monoisotopic (exact) mass is 276 g/mol. The number of amides is 1. The molecule has 0 bridgehead atoms. The number of anilines is 1. The summed E-state index contributed by atoms with van der Waals surface area (Å²) in [4.78, 5) is 11.3. The number of nitrogen functional groups attached to an aromatic ring is 1. The van der Waals surface area contributed by atoms with Crippen LogP contribution in [-0.2, 0) is 10.3 Å². The number of halogens is 4. The summed E-state index contributed by atoms with van der Waals surface area (Å²) >= 11 is 0. The van der Waals surface area contributed by atoms with Gasteiger partial charge in [0.25, 0.3) is 12.3 Å². The van der Waals surface area contributed by atoms with Crippen molar-refractivity contribution < 1.29 is 22.4 Å². The maximum atomic E-state index is 14.0. The predicted molar refractivity (Wildman–Crippen MR) is 60.9 cm³/mol. The molecule has 1 aliphatic rings. The lowest BCUT2D eigenvalue weighted by Gasteiger charge is -2.43. The molecule has 1 aromatic rings. The van der Waals surface area contributed by atoms with Crippen molar-refractivity contribution in [1.82, 2.24) is 5.32 Å². The third-order valence-corrected chi connectivity index (χ3v) is 3.25. The van der Waals surface area contributed by atoms with E-state index in [1.165, 1.54) is 12.1 Å². The summed E-state index contributed by atoms with van der Waals surface area (Å²) in [6.07, 6.45) is -4.85. The molecule has 0 saturated carbocycles. The second-order valence-corrected chi connectivity index (χ2v) is 4.49. The first-order valence-corrected chi connectivity index (χ1v) is 5.62. The van der Waals surface area contributed by atoms with Crippen LogP contribution >= 0.6 is 0 Å². The number of alkyl halides is 4. The molecule has 1 aliphatic heterocycles. The molecule has 1 amide bonds. The molecule has 104 valence electrons. The topological polar surface area (TPSA) is 55.1 Å². The highest BCUT2D eigenvalue weighted by Crippen LogP contribution is 2.47. The van der Waals surface area contributed by atoms with E-state index in [1.807, 2.05) is 0 Å². The Bertz CT molecular complexity index is 506. The van der Waals surface area contributed by atoms with Crippen LogP contribution in [0.25, 0.3) is 0 Å². The maximum Gasteiger partial charge on any atom is 0.281 e. The molecule has 1 saturated heterocycles. The van der Waals surface area contributed by atoms with E-state index in [-0.39, 0.29) is 11.3 Å². The van der Waals surface area contributed by atoms with E-state index in [4.69, 9.17) is 5.73 Å². The standard InChI is InChI=1S/C12H12F4N2O/c13-10(14)12(7-2-1-3-8(17)6-7)11(15,16)5-4-9(19)18-12/h1-3,6,10H,4-5,17H2,(H,18,19)/t12-/m0/s1. The lowest BCUT2D eigenvalue weighted by atomic mass is 9.78. The average Bonchev–Trinajstić information content (AvgIpc) is 2.32. The molecule has 1 aromatic carbocycles. The predicted octanol–water partition coefficient (Wildman–Crippen LogP) is 2.27. The van der Waals surface area contributed by atoms with E-state index in [9.17, 15) is 22.4 Å². The van der Waals surface area contributed by atoms with Crippen molar-refractivity contribution in [3.8, 4) is 0 Å². The molecule has 0 radical (unpaired) electrons. The van der Waals surface area contributed by atoms with Crippen LogP contribution < -0.4 is 11.1 Å². The van der Waals surface area contributed by atoms with Crippen molar-refractivity contribution in [2.24, 2.45) is 0 Å². The van der Waals surface area contributed by atoms with Gasteiger partial charge < -0.3 is 11.1 Å². The fraction of sp³-hybridized carbons (Fsp3) is 0.417. The van der Waals surface area contributed by atoms with Crippen LogP contribution in [0.1, 0.15) is 18.4 Å². The fourth-order valence-electron chi connectivity index (χ4n) is 2.25. The maximum absolute atomic E-state index is 14.0. The van der Waals surface area contributed by atoms with Crippen LogP contribution in [0.5, 0.6) is 0 Å². The number of carbonyl (C=O) groups is 1. The highest BCUT2D eigenvalue weighted by atomic mass is 19.3. The van der Waals surface area contributed by atoms with Crippen molar-refractivity contribution in [2.75, 3.05) is 5.73 Å². The smallest absolute Gasteiger partial charge is 0.281 e. The van der Waals surface area contributed by atoms with Gasteiger partial charge in [-0.2, -0.15) is 0 Å². The zero-order valence-corrected chi connectivity index (χ0v) is 9.80. The largest absolute Gasteiger partial charge is 0.399 e. The van der Waals surface area contributed by atoms with Crippen molar-refractivity contribution in [2.45, 2.75) is 30.7 Å². The molecule has 0 spiro atoms. The van der Waals surface area contributed by atoms with Crippen molar-refractivity contribution >= 4 is 11.6 Å². The molecule has 1 fully saturated rings. The summed E-state index contributed by atoms with van der Waals surface area (Å²) in [5.41, 5.74) is 2.12. The van der Waals surface area contributed by atoms with Gasteiger partial charge in [0.05, 0.1) is 0 Å². The average molecular weight is 276 g/mol. The highest BCUT2D eigenvalue weighted by Gasteiger charge is 2.63. The van der Waals surface area contributed by atoms with E-state index >= 15 is 0 Å². The Hall–Kier alpha value is -1.79. The Morgan fingerprint density at radius 2 is 2.00 bits per heavy atom. The van der Waals surface area contributed by atoms with E-state index in [0.717, 1.165) is 12.1 Å². The van der Waals surface area contributed by atoms with Crippen LogP contribution in [0, 0.1) is 0 Å². The molecule has 7 heteroatoms. The Morgan fingerprint density at radius 1 is 1.32 bits per heavy atom. The van der Waals surface area contributed by atoms with Crippen LogP contribution in [0.15, 0.2) is 24.3 Å². The minimum atomic E-state index is -3.75. The second-order valence-electron chi connectivity index (χ2n) is 4.49. The van der Waals surface area contributed by atoms with Gasteiger partial charge in [-0.25, -0.2) is 17.6 Å². The Labute approximate surface area is 106 Å². The number of hydrogen-bond acceptors (Lipinski definition) is 2. The summed E-state index contributed by atoms with van der Waals surface area (Å²) in [5, 5.41) is 1.77. The first-order chi connectivity index (χ1) is 8.79.